The second-order valence-corrected chi connectivity index (χ2v) is 5.01. The number of halogens is 2. The minimum absolute atomic E-state index is 0.0792. The molecule has 0 spiro atoms. The van der Waals surface area contributed by atoms with Gasteiger partial charge in [0, 0.05) is 18.7 Å². The lowest BCUT2D eigenvalue weighted by atomic mass is 10.2. The molecule has 1 fully saturated rings. The number of carbonyl (C=O) groups is 1. The van der Waals surface area contributed by atoms with Gasteiger partial charge in [0.05, 0.1) is 22.9 Å². The molecule has 0 aliphatic carbocycles. The monoisotopic (exact) mass is 288 g/mol. The van der Waals surface area contributed by atoms with Gasteiger partial charge in [0.2, 0.25) is 5.91 Å². The van der Waals surface area contributed by atoms with Gasteiger partial charge in [-0.1, -0.05) is 23.2 Å². The highest BCUT2D eigenvalue weighted by molar-refractivity contribution is 6.35. The summed E-state index contributed by atoms with van der Waals surface area (Å²) in [6.45, 7) is 0.678. The summed E-state index contributed by atoms with van der Waals surface area (Å²) < 4.78 is 5.19. The van der Waals surface area contributed by atoms with Crippen LogP contribution in [0.25, 0.3) is 0 Å². The Kier molecular flexibility index (Phi) is 4.45. The first-order valence-electron chi connectivity index (χ1n) is 5.62. The van der Waals surface area contributed by atoms with Crippen LogP contribution >= 0.6 is 23.2 Å². The minimum Gasteiger partial charge on any atom is -0.380 e. The molecule has 18 heavy (non-hydrogen) atoms. The predicted octanol–water partition coefficient (Wildman–Crippen LogP) is 2.31. The van der Waals surface area contributed by atoms with Crippen molar-refractivity contribution in [3.63, 3.8) is 0 Å². The molecule has 1 aromatic carbocycles. The molecule has 1 aliphatic rings. The third-order valence-corrected chi connectivity index (χ3v) is 3.49. The van der Waals surface area contributed by atoms with Crippen molar-refractivity contribution in [3.05, 3.63) is 28.2 Å². The Labute approximate surface area is 116 Å². The summed E-state index contributed by atoms with van der Waals surface area (Å²) in [5.41, 5.74) is 0.525. The van der Waals surface area contributed by atoms with E-state index in [4.69, 9.17) is 27.9 Å². The third kappa shape index (κ3) is 3.14. The van der Waals surface area contributed by atoms with Crippen LogP contribution < -0.4 is 10.6 Å². The van der Waals surface area contributed by atoms with Crippen LogP contribution in [-0.2, 0) is 9.53 Å². The van der Waals surface area contributed by atoms with Gasteiger partial charge in [0.15, 0.2) is 0 Å². The highest BCUT2D eigenvalue weighted by atomic mass is 35.5. The van der Waals surface area contributed by atoms with Gasteiger partial charge >= 0.3 is 0 Å². The molecular formula is C12H14Cl2N2O2. The Bertz CT molecular complexity index is 454. The van der Waals surface area contributed by atoms with Gasteiger partial charge in [-0.3, -0.25) is 4.79 Å². The zero-order chi connectivity index (χ0) is 13.1. The highest BCUT2D eigenvalue weighted by Crippen LogP contribution is 2.26. The molecule has 0 saturated carbocycles. The zero-order valence-electron chi connectivity index (χ0n) is 9.87. The number of ether oxygens (including phenoxy) is 1. The predicted molar refractivity (Wildman–Crippen MR) is 72.3 cm³/mol. The Morgan fingerprint density at radius 1 is 1.50 bits per heavy atom. The second-order valence-electron chi connectivity index (χ2n) is 4.17. The van der Waals surface area contributed by atoms with E-state index in [-0.39, 0.29) is 18.1 Å². The van der Waals surface area contributed by atoms with Gasteiger partial charge in [-0.15, -0.1) is 0 Å². The smallest absolute Gasteiger partial charge is 0.241 e. The number of hydrogen-bond acceptors (Lipinski definition) is 3. The van der Waals surface area contributed by atoms with E-state index in [9.17, 15) is 4.79 Å². The van der Waals surface area contributed by atoms with E-state index in [0.717, 1.165) is 0 Å². The van der Waals surface area contributed by atoms with Gasteiger partial charge in [0.25, 0.3) is 0 Å². The Morgan fingerprint density at radius 2 is 2.28 bits per heavy atom. The zero-order valence-corrected chi connectivity index (χ0v) is 11.4. The van der Waals surface area contributed by atoms with Gasteiger partial charge < -0.3 is 15.4 Å². The molecule has 0 aromatic heterocycles. The van der Waals surface area contributed by atoms with Crippen LogP contribution in [-0.4, -0.2) is 31.7 Å². The summed E-state index contributed by atoms with van der Waals surface area (Å²) >= 11 is 11.8. The molecule has 1 heterocycles. The maximum atomic E-state index is 12.0. The Hall–Kier alpha value is -0.810. The molecule has 0 bridgehead atoms. The normalized spacial score (nSPS) is 23.1. The number of anilines is 1. The van der Waals surface area contributed by atoms with E-state index < -0.39 is 0 Å². The fraction of sp³-hybridized carbons (Fsp3) is 0.417. The Balaban J connectivity index is 2.01. The molecule has 4 nitrogen and oxygen atoms in total. The molecule has 1 aromatic rings. The number of nitrogens with one attached hydrogen (secondary N) is 2. The van der Waals surface area contributed by atoms with E-state index in [1.165, 1.54) is 0 Å². The molecule has 2 unspecified atom stereocenters. The number of hydrogen-bond donors (Lipinski definition) is 2. The summed E-state index contributed by atoms with van der Waals surface area (Å²) in [5.74, 6) is -0.126. The molecule has 2 N–H and O–H groups in total. The molecule has 1 aliphatic heterocycles. The van der Waals surface area contributed by atoms with E-state index in [2.05, 4.69) is 10.6 Å². The first kappa shape index (κ1) is 13.6. The van der Waals surface area contributed by atoms with E-state index >= 15 is 0 Å². The number of methoxy groups -OCH3 is 1. The van der Waals surface area contributed by atoms with Crippen molar-refractivity contribution in [3.8, 4) is 0 Å². The molecule has 1 saturated heterocycles. The molecular weight excluding hydrogens is 275 g/mol. The third-order valence-electron chi connectivity index (χ3n) is 2.93. The molecule has 1 amide bonds. The second kappa shape index (κ2) is 5.89. The van der Waals surface area contributed by atoms with Crippen LogP contribution in [0.3, 0.4) is 0 Å². The summed E-state index contributed by atoms with van der Waals surface area (Å²) in [4.78, 5) is 12.0. The largest absolute Gasteiger partial charge is 0.380 e. The first-order chi connectivity index (χ1) is 8.60. The summed E-state index contributed by atoms with van der Waals surface area (Å²) in [7, 11) is 1.64. The van der Waals surface area contributed by atoms with Crippen molar-refractivity contribution in [2.24, 2.45) is 0 Å². The molecule has 2 rings (SSSR count). The van der Waals surface area contributed by atoms with Crippen molar-refractivity contribution in [2.45, 2.75) is 18.6 Å². The average molecular weight is 289 g/mol. The average Bonchev–Trinajstić information content (AvgIpc) is 2.82. The van der Waals surface area contributed by atoms with Gasteiger partial charge in [-0.05, 0) is 24.6 Å². The van der Waals surface area contributed by atoms with Gasteiger partial charge in [-0.25, -0.2) is 0 Å². The molecule has 2 atom stereocenters. The lowest BCUT2D eigenvalue weighted by molar-refractivity contribution is -0.118. The van der Waals surface area contributed by atoms with E-state index in [0.29, 0.717) is 28.7 Å². The maximum Gasteiger partial charge on any atom is 0.241 e. The maximum absolute atomic E-state index is 12.0. The number of amides is 1. The summed E-state index contributed by atoms with van der Waals surface area (Å²) in [6, 6.07) is 4.70. The number of carbonyl (C=O) groups excluding carboxylic acids is 1. The molecule has 0 radical (unpaired) electrons. The van der Waals surface area contributed by atoms with Crippen LogP contribution in [0.4, 0.5) is 5.69 Å². The lowest BCUT2D eigenvalue weighted by Gasteiger charge is -2.12. The van der Waals surface area contributed by atoms with Crippen molar-refractivity contribution in [1.82, 2.24) is 5.32 Å². The highest BCUT2D eigenvalue weighted by Gasteiger charge is 2.29. The van der Waals surface area contributed by atoms with E-state index in [1.54, 1.807) is 25.3 Å². The van der Waals surface area contributed by atoms with Crippen molar-refractivity contribution >= 4 is 34.8 Å². The fourth-order valence-corrected chi connectivity index (χ4v) is 2.23. The number of benzene rings is 1. The topological polar surface area (TPSA) is 50.4 Å². The summed E-state index contributed by atoms with van der Waals surface area (Å²) in [5, 5.41) is 6.86. The van der Waals surface area contributed by atoms with Gasteiger partial charge in [0.1, 0.15) is 0 Å². The van der Waals surface area contributed by atoms with Crippen molar-refractivity contribution in [2.75, 3.05) is 19.0 Å². The van der Waals surface area contributed by atoms with Crippen molar-refractivity contribution in [1.29, 1.82) is 0 Å². The van der Waals surface area contributed by atoms with Crippen LogP contribution in [0.15, 0.2) is 18.2 Å². The minimum atomic E-state index is -0.259. The van der Waals surface area contributed by atoms with Crippen LogP contribution in [0.1, 0.15) is 6.42 Å². The van der Waals surface area contributed by atoms with Crippen LogP contribution in [0, 0.1) is 0 Å². The fourth-order valence-electron chi connectivity index (χ4n) is 1.90. The summed E-state index contributed by atoms with van der Waals surface area (Å²) in [6.07, 6.45) is 0.733. The Morgan fingerprint density at radius 3 is 2.94 bits per heavy atom. The van der Waals surface area contributed by atoms with Crippen molar-refractivity contribution < 1.29 is 9.53 Å². The lowest BCUT2D eigenvalue weighted by Crippen LogP contribution is -2.35. The molecule has 98 valence electrons. The molecule has 6 heteroatoms. The number of rotatable bonds is 3. The van der Waals surface area contributed by atoms with E-state index in [1.807, 2.05) is 0 Å². The SMILES string of the molecule is COC1CNC(C(=O)Nc2cc(Cl)ccc2Cl)C1. The first-order valence-corrected chi connectivity index (χ1v) is 6.38. The van der Waals surface area contributed by atoms with Crippen LogP contribution in [0.2, 0.25) is 10.0 Å². The quantitative estimate of drug-likeness (QED) is 0.897. The standard InChI is InChI=1S/C12H14Cl2N2O2/c1-18-8-5-11(15-6-8)12(17)16-10-4-7(13)2-3-9(10)14/h2-4,8,11,15H,5-6H2,1H3,(H,16,17). The van der Waals surface area contributed by atoms with Gasteiger partial charge in [-0.2, -0.15) is 0 Å². The van der Waals surface area contributed by atoms with Crippen LogP contribution in [0.5, 0.6) is 0 Å².